The summed E-state index contributed by atoms with van der Waals surface area (Å²) in [5, 5.41) is 8.91. The van der Waals surface area contributed by atoms with Gasteiger partial charge in [-0.1, -0.05) is 30.3 Å². The second-order valence-electron chi connectivity index (χ2n) is 7.83. The van der Waals surface area contributed by atoms with E-state index in [4.69, 9.17) is 8.42 Å². The predicted molar refractivity (Wildman–Crippen MR) is 135 cm³/mol. The van der Waals surface area contributed by atoms with E-state index in [1.54, 1.807) is 12.4 Å². The molecular weight excluding hydrogens is 434 g/mol. The van der Waals surface area contributed by atoms with Crippen LogP contribution in [0.25, 0.3) is 33.1 Å². The Morgan fingerprint density at radius 2 is 1.64 bits per heavy atom. The third-order valence-electron chi connectivity index (χ3n) is 5.52. The Morgan fingerprint density at radius 1 is 0.939 bits per heavy atom. The van der Waals surface area contributed by atoms with Crippen LogP contribution in [-0.4, -0.2) is 23.0 Å². The van der Waals surface area contributed by atoms with Crippen LogP contribution < -0.4 is 10.5 Å². The zero-order valence-electron chi connectivity index (χ0n) is 18.6. The number of fused-ring (bicyclic) bond motifs is 2. The lowest BCUT2D eigenvalue weighted by Crippen LogP contribution is -1.98. The quantitative estimate of drug-likeness (QED) is 0.342. The van der Waals surface area contributed by atoms with E-state index in [0.717, 1.165) is 33.5 Å². The second-order valence-corrected chi connectivity index (χ2v) is 8.40. The maximum Gasteiger partial charge on any atom is 0.198 e. The monoisotopic (exact) mass is 459 g/mol. The lowest BCUT2D eigenvalue weighted by molar-refractivity contribution is 0.616. The van der Waals surface area contributed by atoms with Crippen molar-refractivity contribution < 1.29 is 8.42 Å². The minimum atomic E-state index is -2.62. The SMILES string of the molecule is Cc1cccc(C)c1Nc1cc(-c2ccc3ccn(C)c3c2)c2nccnc2c1.N[SH](=O)=O. The van der Waals surface area contributed by atoms with Gasteiger partial charge in [-0.2, -0.15) is 0 Å². The highest BCUT2D eigenvalue weighted by Crippen LogP contribution is 2.34. The number of hydrogen-bond donors (Lipinski definition) is 3. The van der Waals surface area contributed by atoms with E-state index in [2.05, 4.69) is 107 Å². The van der Waals surface area contributed by atoms with E-state index in [0.29, 0.717) is 0 Å². The number of para-hydroxylation sites is 1. The molecule has 0 bridgehead atoms. The van der Waals surface area contributed by atoms with Gasteiger partial charge in [-0.15, -0.1) is 0 Å². The van der Waals surface area contributed by atoms with Gasteiger partial charge in [0.1, 0.15) is 0 Å². The van der Waals surface area contributed by atoms with Gasteiger partial charge in [-0.05, 0) is 60.2 Å². The van der Waals surface area contributed by atoms with Crippen LogP contribution in [0.3, 0.4) is 0 Å². The zero-order valence-corrected chi connectivity index (χ0v) is 19.5. The largest absolute Gasteiger partial charge is 0.355 e. The molecule has 3 aromatic carbocycles. The van der Waals surface area contributed by atoms with Crippen LogP contribution in [0.4, 0.5) is 11.4 Å². The van der Waals surface area contributed by atoms with Crippen LogP contribution in [-0.2, 0) is 17.9 Å². The number of nitrogens with zero attached hydrogens (tertiary/aromatic N) is 3. The molecule has 0 spiro atoms. The average molecular weight is 460 g/mol. The van der Waals surface area contributed by atoms with Crippen LogP contribution in [0.5, 0.6) is 0 Å². The van der Waals surface area contributed by atoms with Crippen molar-refractivity contribution in [1.82, 2.24) is 14.5 Å². The Bertz CT molecular complexity index is 1510. The Hall–Kier alpha value is -3.75. The van der Waals surface area contributed by atoms with E-state index in [9.17, 15) is 0 Å². The fourth-order valence-electron chi connectivity index (χ4n) is 3.95. The van der Waals surface area contributed by atoms with Gasteiger partial charge >= 0.3 is 0 Å². The highest BCUT2D eigenvalue weighted by molar-refractivity contribution is 7.69. The molecule has 0 radical (unpaired) electrons. The Kier molecular flexibility index (Phi) is 6.39. The van der Waals surface area contributed by atoms with Crippen molar-refractivity contribution in [3.63, 3.8) is 0 Å². The topological polar surface area (TPSA) is 103 Å². The van der Waals surface area contributed by atoms with Crippen molar-refractivity contribution in [3.05, 3.63) is 84.3 Å². The first-order valence-electron chi connectivity index (χ1n) is 10.4. The highest BCUT2D eigenvalue weighted by atomic mass is 32.2. The molecule has 0 unspecified atom stereocenters. The predicted octanol–water partition coefficient (Wildman–Crippen LogP) is 4.62. The molecule has 2 aromatic heterocycles. The van der Waals surface area contributed by atoms with Gasteiger partial charge < -0.3 is 9.88 Å². The number of hydrogen-bond acceptors (Lipinski definition) is 5. The van der Waals surface area contributed by atoms with Crippen LogP contribution in [0.15, 0.2) is 73.2 Å². The molecule has 2 heterocycles. The van der Waals surface area contributed by atoms with E-state index >= 15 is 0 Å². The molecule has 0 aliphatic heterocycles. The minimum absolute atomic E-state index is 0.880. The van der Waals surface area contributed by atoms with Gasteiger partial charge in [0.2, 0.25) is 0 Å². The van der Waals surface area contributed by atoms with Crippen molar-refractivity contribution in [1.29, 1.82) is 0 Å². The third-order valence-corrected chi connectivity index (χ3v) is 5.52. The Labute approximate surface area is 194 Å². The lowest BCUT2D eigenvalue weighted by Gasteiger charge is -2.15. The molecule has 8 heteroatoms. The van der Waals surface area contributed by atoms with Gasteiger partial charge in [-0.25, -0.2) is 13.6 Å². The fraction of sp³-hybridized carbons (Fsp3) is 0.120. The van der Waals surface area contributed by atoms with E-state index in [-0.39, 0.29) is 0 Å². The number of aryl methyl sites for hydroxylation is 3. The van der Waals surface area contributed by atoms with E-state index < -0.39 is 10.9 Å². The van der Waals surface area contributed by atoms with Gasteiger partial charge in [0, 0.05) is 48.1 Å². The van der Waals surface area contributed by atoms with Gasteiger partial charge in [0.25, 0.3) is 0 Å². The van der Waals surface area contributed by atoms with Crippen LogP contribution in [0.1, 0.15) is 11.1 Å². The van der Waals surface area contributed by atoms with Crippen molar-refractivity contribution in [3.8, 4) is 11.1 Å². The first-order valence-corrected chi connectivity index (χ1v) is 11.6. The van der Waals surface area contributed by atoms with Gasteiger partial charge in [0.05, 0.1) is 11.0 Å². The van der Waals surface area contributed by atoms with Crippen molar-refractivity contribution >= 4 is 44.2 Å². The van der Waals surface area contributed by atoms with Crippen LogP contribution in [0, 0.1) is 13.8 Å². The maximum absolute atomic E-state index is 8.81. The fourth-order valence-corrected chi connectivity index (χ4v) is 3.95. The number of benzene rings is 3. The van der Waals surface area contributed by atoms with Crippen molar-refractivity contribution in [2.45, 2.75) is 13.8 Å². The number of rotatable bonds is 3. The third kappa shape index (κ3) is 4.87. The molecule has 5 aromatic rings. The zero-order chi connectivity index (χ0) is 23.5. The first kappa shape index (κ1) is 22.4. The normalized spacial score (nSPS) is 10.9. The summed E-state index contributed by atoms with van der Waals surface area (Å²) in [4.78, 5) is 9.21. The summed E-state index contributed by atoms with van der Waals surface area (Å²) in [6, 6.07) is 19.3. The van der Waals surface area contributed by atoms with E-state index in [1.165, 1.54) is 22.0 Å². The van der Waals surface area contributed by atoms with Crippen molar-refractivity contribution in [2.24, 2.45) is 12.2 Å². The minimum Gasteiger partial charge on any atom is -0.355 e. The molecular formula is C25H25N5O2S. The second kappa shape index (κ2) is 9.40. The molecule has 168 valence electrons. The number of anilines is 2. The maximum atomic E-state index is 8.81. The molecule has 0 aliphatic carbocycles. The molecule has 0 fully saturated rings. The molecule has 3 N–H and O–H groups in total. The number of thiol groups is 1. The summed E-state index contributed by atoms with van der Waals surface area (Å²) in [6.07, 6.45) is 5.59. The molecule has 7 nitrogen and oxygen atoms in total. The Morgan fingerprint density at radius 3 is 2.36 bits per heavy atom. The summed E-state index contributed by atoms with van der Waals surface area (Å²) in [5.41, 5.74) is 9.79. The molecule has 0 aliphatic rings. The first-order chi connectivity index (χ1) is 15.8. The number of aromatic nitrogens is 3. The summed E-state index contributed by atoms with van der Waals surface area (Å²) in [6.45, 7) is 4.25. The van der Waals surface area contributed by atoms with Gasteiger partial charge in [-0.3, -0.25) is 9.97 Å². The smallest absolute Gasteiger partial charge is 0.198 e. The molecule has 0 atom stereocenters. The lowest BCUT2D eigenvalue weighted by atomic mass is 10.0. The summed E-state index contributed by atoms with van der Waals surface area (Å²) in [5.74, 6) is 0. The molecule has 0 amide bonds. The average Bonchev–Trinajstić information content (AvgIpc) is 3.15. The van der Waals surface area contributed by atoms with Crippen LogP contribution >= 0.6 is 0 Å². The van der Waals surface area contributed by atoms with Crippen LogP contribution in [0.2, 0.25) is 0 Å². The molecule has 5 rings (SSSR count). The van der Waals surface area contributed by atoms with E-state index in [1.807, 2.05) is 0 Å². The highest BCUT2D eigenvalue weighted by Gasteiger charge is 2.12. The Balaban J connectivity index is 0.000000601. The standard InChI is InChI=1S/C25H22N4.H3NO2S/c1-16-5-4-6-17(2)24(16)28-20-14-21(25-22(15-20)26-10-11-27-25)19-8-7-18-9-12-29(3)23(18)13-19;1-4(2)3/h4-15,28H,1-3H3;4H,(H2,1,2,3). The summed E-state index contributed by atoms with van der Waals surface area (Å²) in [7, 11) is -0.548. The number of nitrogens with one attached hydrogen (secondary N) is 1. The number of nitrogens with two attached hydrogens (primary N) is 1. The van der Waals surface area contributed by atoms with Gasteiger partial charge in [0.15, 0.2) is 10.9 Å². The summed E-state index contributed by atoms with van der Waals surface area (Å²) < 4.78 is 19.8. The van der Waals surface area contributed by atoms with Crippen molar-refractivity contribution in [2.75, 3.05) is 5.32 Å². The molecule has 33 heavy (non-hydrogen) atoms. The molecule has 0 saturated heterocycles. The summed E-state index contributed by atoms with van der Waals surface area (Å²) >= 11 is 0. The molecule has 0 saturated carbocycles.